The average molecular weight is 613 g/mol. The van der Waals surface area contributed by atoms with Crippen molar-refractivity contribution >= 4 is 22.7 Å². The molecule has 6 rings (SSSR count). The third kappa shape index (κ3) is 6.30. The molecule has 0 spiro atoms. The lowest BCUT2D eigenvalue weighted by atomic mass is 9.85. The maximum absolute atomic E-state index is 13.8. The van der Waals surface area contributed by atoms with E-state index in [9.17, 15) is 22.8 Å². The number of nitrogens with two attached hydrogens (primary N) is 1. The van der Waals surface area contributed by atoms with Gasteiger partial charge in [0, 0.05) is 41.7 Å². The van der Waals surface area contributed by atoms with E-state index in [1.54, 1.807) is 12.1 Å². The number of hydrogen-bond acceptors (Lipinski definition) is 3. The van der Waals surface area contributed by atoms with Crippen LogP contribution in [0.2, 0.25) is 0 Å². The number of hydrogen-bond donors (Lipinski definition) is 2. The van der Waals surface area contributed by atoms with E-state index in [1.807, 2.05) is 44.3 Å². The number of nitrogens with one attached hydrogen (secondary N) is 1. The van der Waals surface area contributed by atoms with Crippen molar-refractivity contribution in [3.63, 3.8) is 0 Å². The minimum atomic E-state index is -0.804. The summed E-state index contributed by atoms with van der Waals surface area (Å²) >= 11 is 0. The van der Waals surface area contributed by atoms with Crippen LogP contribution in [0.15, 0.2) is 78.5 Å². The summed E-state index contributed by atoms with van der Waals surface area (Å²) in [6.07, 6.45) is 7.15. The van der Waals surface area contributed by atoms with Crippen molar-refractivity contribution < 1.29 is 22.8 Å². The Morgan fingerprint density at radius 3 is 2.56 bits per heavy atom. The van der Waals surface area contributed by atoms with E-state index in [-0.39, 0.29) is 35.2 Å². The normalized spacial score (nSPS) is 18.0. The molecule has 1 unspecified atom stereocenters. The number of rotatable bonds is 9. The van der Waals surface area contributed by atoms with E-state index >= 15 is 0 Å². The number of halogens is 3. The third-order valence-electron chi connectivity index (χ3n) is 8.60. The molecule has 1 aliphatic carbocycles. The Hall–Kier alpha value is -4.66. The van der Waals surface area contributed by atoms with Gasteiger partial charge in [0.15, 0.2) is 11.7 Å². The van der Waals surface area contributed by atoms with Gasteiger partial charge in [0.25, 0.3) is 11.8 Å². The minimum Gasteiger partial charge on any atom is -0.366 e. The molecule has 1 aliphatic heterocycles. The summed E-state index contributed by atoms with van der Waals surface area (Å²) in [5.74, 6) is -2.81. The Kier molecular flexibility index (Phi) is 8.36. The Labute approximate surface area is 259 Å². The zero-order valence-electron chi connectivity index (χ0n) is 25.2. The van der Waals surface area contributed by atoms with Crippen LogP contribution in [0.5, 0.6) is 0 Å². The molecule has 6 nitrogen and oxygen atoms in total. The van der Waals surface area contributed by atoms with Gasteiger partial charge >= 0.3 is 0 Å². The maximum atomic E-state index is 13.8. The van der Waals surface area contributed by atoms with E-state index in [2.05, 4.69) is 9.88 Å². The summed E-state index contributed by atoms with van der Waals surface area (Å²) in [4.78, 5) is 31.7. The number of aryl methyl sites for hydroxylation is 1. The summed E-state index contributed by atoms with van der Waals surface area (Å²) in [6.45, 7) is 4.68. The Bertz CT molecular complexity index is 1860. The first kappa shape index (κ1) is 30.4. The number of aromatic nitrogens is 2. The standard InChI is InChI=1S/C36H35F3N4O2/c1-20(2)15-29-33(35(40)44)32(34-30(42-29)19-26(41-36(34)45)16-21-3-7-25(37)8-4-21)24-6-10-31-23(18-24)12-14-43(31)13-11-22-5-9-27(38)28(39)17-22/h3-4,6-10,12,14,17-18,20,22,26H,5,11,13,15-16,19H2,1-2H3,(H2,40,44)(H,41,45)/t22?,26-/m0/s1. The van der Waals surface area contributed by atoms with Gasteiger partial charge in [-0.2, -0.15) is 0 Å². The van der Waals surface area contributed by atoms with Gasteiger partial charge in [-0.15, -0.1) is 0 Å². The average Bonchev–Trinajstić information content (AvgIpc) is 3.40. The fourth-order valence-corrected chi connectivity index (χ4v) is 6.50. The zero-order chi connectivity index (χ0) is 31.8. The van der Waals surface area contributed by atoms with Crippen LogP contribution < -0.4 is 11.1 Å². The van der Waals surface area contributed by atoms with Crippen LogP contribution in [-0.2, 0) is 25.8 Å². The highest BCUT2D eigenvalue weighted by Crippen LogP contribution is 2.37. The van der Waals surface area contributed by atoms with E-state index < -0.39 is 17.6 Å². The van der Waals surface area contributed by atoms with Crippen molar-refractivity contribution in [3.05, 3.63) is 112 Å². The summed E-state index contributed by atoms with van der Waals surface area (Å²) in [5.41, 5.74) is 10.8. The summed E-state index contributed by atoms with van der Waals surface area (Å²) in [7, 11) is 0. The fraction of sp³-hybridized carbons (Fsp3) is 0.306. The van der Waals surface area contributed by atoms with Gasteiger partial charge in [0.05, 0.1) is 22.5 Å². The number of nitrogens with zero attached hydrogens (tertiary/aromatic N) is 2. The third-order valence-corrected chi connectivity index (χ3v) is 8.60. The highest BCUT2D eigenvalue weighted by molar-refractivity contribution is 6.11. The quantitative estimate of drug-likeness (QED) is 0.210. The number of amides is 2. The van der Waals surface area contributed by atoms with Gasteiger partial charge in [-0.1, -0.05) is 32.0 Å². The zero-order valence-corrected chi connectivity index (χ0v) is 25.2. The molecule has 0 radical (unpaired) electrons. The lowest BCUT2D eigenvalue weighted by Crippen LogP contribution is -2.44. The summed E-state index contributed by atoms with van der Waals surface area (Å²) < 4.78 is 42.7. The molecule has 0 fully saturated rings. The van der Waals surface area contributed by atoms with Crippen molar-refractivity contribution in [2.45, 2.75) is 58.5 Å². The minimum absolute atomic E-state index is 0.0903. The Morgan fingerprint density at radius 2 is 1.84 bits per heavy atom. The van der Waals surface area contributed by atoms with Crippen LogP contribution in [-0.4, -0.2) is 27.4 Å². The lowest BCUT2D eigenvalue weighted by Gasteiger charge is -2.29. The molecule has 3 N–H and O–H groups in total. The van der Waals surface area contributed by atoms with E-state index in [1.165, 1.54) is 24.3 Å². The summed E-state index contributed by atoms with van der Waals surface area (Å²) in [5, 5.41) is 3.98. The number of carbonyl (C=O) groups is 2. The first-order valence-electron chi connectivity index (χ1n) is 15.3. The van der Waals surface area contributed by atoms with Gasteiger partial charge in [0.2, 0.25) is 0 Å². The SMILES string of the molecule is CC(C)Cc1nc2c(c(-c3ccc4c(ccn4CCC4C=C(F)C(F)=CC4)c3)c1C(N)=O)C(=O)N[C@@H](Cc1ccc(F)cc1)C2. The number of benzene rings is 2. The molecule has 3 heterocycles. The van der Waals surface area contributed by atoms with Crippen LogP contribution in [0.1, 0.15) is 64.4 Å². The second kappa shape index (κ2) is 12.4. The topological polar surface area (TPSA) is 90.0 Å². The van der Waals surface area contributed by atoms with Gasteiger partial charge in [-0.3, -0.25) is 14.6 Å². The van der Waals surface area contributed by atoms with E-state index in [0.717, 1.165) is 16.5 Å². The number of fused-ring (bicyclic) bond motifs is 2. The molecule has 232 valence electrons. The molecule has 0 saturated carbocycles. The second-order valence-electron chi connectivity index (χ2n) is 12.4. The molecule has 2 atom stereocenters. The first-order chi connectivity index (χ1) is 21.6. The smallest absolute Gasteiger partial charge is 0.254 e. The van der Waals surface area contributed by atoms with Crippen molar-refractivity contribution in [2.24, 2.45) is 17.6 Å². The Morgan fingerprint density at radius 1 is 1.07 bits per heavy atom. The molecule has 2 amide bonds. The number of pyridine rings is 1. The lowest BCUT2D eigenvalue weighted by molar-refractivity contribution is 0.0924. The number of allylic oxidation sites excluding steroid dienone is 4. The first-order valence-corrected chi connectivity index (χ1v) is 15.3. The highest BCUT2D eigenvalue weighted by atomic mass is 19.2. The molecular formula is C36H35F3N4O2. The van der Waals surface area contributed by atoms with E-state index in [0.29, 0.717) is 66.7 Å². The molecule has 4 aromatic rings. The molecular weight excluding hydrogens is 577 g/mol. The molecule has 0 bridgehead atoms. The fourth-order valence-electron chi connectivity index (χ4n) is 6.50. The monoisotopic (exact) mass is 612 g/mol. The second-order valence-corrected chi connectivity index (χ2v) is 12.4. The predicted octanol–water partition coefficient (Wildman–Crippen LogP) is 7.15. The Balaban J connectivity index is 1.37. The van der Waals surface area contributed by atoms with Crippen LogP contribution in [0, 0.1) is 17.7 Å². The molecule has 9 heteroatoms. The highest BCUT2D eigenvalue weighted by Gasteiger charge is 2.33. The maximum Gasteiger partial charge on any atom is 0.254 e. The largest absolute Gasteiger partial charge is 0.366 e. The molecule has 0 saturated heterocycles. The van der Waals surface area contributed by atoms with Crippen molar-refractivity contribution in [1.29, 1.82) is 0 Å². The van der Waals surface area contributed by atoms with Crippen LogP contribution in [0.3, 0.4) is 0 Å². The summed E-state index contributed by atoms with van der Waals surface area (Å²) in [6, 6.07) is 13.7. The predicted molar refractivity (Wildman–Crippen MR) is 168 cm³/mol. The van der Waals surface area contributed by atoms with Crippen molar-refractivity contribution in [2.75, 3.05) is 0 Å². The van der Waals surface area contributed by atoms with Gasteiger partial charge < -0.3 is 15.6 Å². The van der Waals surface area contributed by atoms with Crippen LogP contribution in [0.25, 0.3) is 22.0 Å². The van der Waals surface area contributed by atoms with Gasteiger partial charge in [0.1, 0.15) is 5.82 Å². The van der Waals surface area contributed by atoms with Crippen LogP contribution in [0.4, 0.5) is 13.2 Å². The van der Waals surface area contributed by atoms with Crippen molar-refractivity contribution in [3.8, 4) is 11.1 Å². The molecule has 2 aromatic carbocycles. The number of primary amides is 1. The molecule has 2 aliphatic rings. The van der Waals surface area contributed by atoms with Gasteiger partial charge in [-0.05, 0) is 91.1 Å². The number of carbonyl (C=O) groups excluding carboxylic acids is 2. The molecule has 2 aromatic heterocycles. The van der Waals surface area contributed by atoms with Gasteiger partial charge in [-0.25, -0.2) is 13.2 Å². The van der Waals surface area contributed by atoms with Crippen LogP contribution >= 0.6 is 0 Å². The van der Waals surface area contributed by atoms with Crippen molar-refractivity contribution in [1.82, 2.24) is 14.9 Å². The van der Waals surface area contributed by atoms with E-state index in [4.69, 9.17) is 10.7 Å². The molecule has 45 heavy (non-hydrogen) atoms.